The number of fused-ring (bicyclic) bond motifs is 9. The van der Waals surface area contributed by atoms with Crippen LogP contribution in [0.3, 0.4) is 0 Å². The van der Waals surface area contributed by atoms with E-state index >= 15 is 0 Å². The highest BCUT2D eigenvalue weighted by atomic mass is 19.1. The van der Waals surface area contributed by atoms with Crippen molar-refractivity contribution in [2.45, 2.75) is 38.5 Å². The molecule has 0 saturated heterocycles. The molecule has 0 fully saturated rings. The summed E-state index contributed by atoms with van der Waals surface area (Å²) < 4.78 is 16.2. The molecule has 57 heavy (non-hydrogen) atoms. The Balaban J connectivity index is 0.997. The Hall–Kier alpha value is -6.71. The topological polar surface area (TPSA) is 8.17 Å². The molecule has 0 N–H and O–H groups in total. The van der Waals surface area contributed by atoms with Gasteiger partial charge in [0, 0.05) is 44.4 Å². The first-order chi connectivity index (χ1) is 27.7. The molecule has 2 aliphatic rings. The van der Waals surface area contributed by atoms with Crippen molar-refractivity contribution in [1.82, 2.24) is 4.57 Å². The molecule has 0 amide bonds. The molecule has 3 heteroatoms. The number of halogens is 1. The van der Waals surface area contributed by atoms with Gasteiger partial charge in [0.1, 0.15) is 5.82 Å². The molecule has 274 valence electrons. The van der Waals surface area contributed by atoms with E-state index in [4.69, 9.17) is 0 Å². The van der Waals surface area contributed by atoms with Crippen LogP contribution in [0.2, 0.25) is 0 Å². The number of benzene rings is 8. The van der Waals surface area contributed by atoms with Crippen LogP contribution in [0, 0.1) is 5.82 Å². The molecule has 2 aliphatic carbocycles. The van der Waals surface area contributed by atoms with Crippen molar-refractivity contribution in [3.8, 4) is 39.1 Å². The molecular weight excluding hydrogens is 696 g/mol. The second-order valence-electron chi connectivity index (χ2n) is 16.7. The van der Waals surface area contributed by atoms with Gasteiger partial charge in [0.2, 0.25) is 0 Å². The molecule has 0 saturated carbocycles. The summed E-state index contributed by atoms with van der Waals surface area (Å²) in [5.41, 5.74) is 19.3. The number of anilines is 3. The SMILES string of the molecule is CC1(C)c2ccccc2-c2ccc(N(c3ccccc3)c3ccc4c(c3)C(C)(C)c3cc(-c5ccc6c(c5)c5ccccc5n6-c5ccc(F)cc5)ccc3-4)cc21. The fraction of sp³-hybridized carbons (Fsp3) is 0.111. The van der Waals surface area contributed by atoms with E-state index < -0.39 is 0 Å². The van der Waals surface area contributed by atoms with E-state index in [1.807, 2.05) is 12.1 Å². The highest BCUT2D eigenvalue weighted by Crippen LogP contribution is 2.53. The maximum absolute atomic E-state index is 13.9. The summed E-state index contributed by atoms with van der Waals surface area (Å²) in [4.78, 5) is 2.42. The maximum Gasteiger partial charge on any atom is 0.123 e. The lowest BCUT2D eigenvalue weighted by Crippen LogP contribution is -2.18. The van der Waals surface area contributed by atoms with Crippen molar-refractivity contribution in [3.05, 3.63) is 204 Å². The Bertz CT molecular complexity index is 3080. The largest absolute Gasteiger partial charge is 0.310 e. The zero-order valence-electron chi connectivity index (χ0n) is 32.5. The van der Waals surface area contributed by atoms with Crippen LogP contribution in [-0.4, -0.2) is 4.57 Å². The predicted molar refractivity (Wildman–Crippen MR) is 236 cm³/mol. The maximum atomic E-state index is 13.9. The minimum Gasteiger partial charge on any atom is -0.310 e. The third-order valence-corrected chi connectivity index (χ3v) is 12.8. The molecule has 0 unspecified atom stereocenters. The van der Waals surface area contributed by atoms with E-state index in [1.54, 1.807) is 0 Å². The highest BCUT2D eigenvalue weighted by Gasteiger charge is 2.38. The summed E-state index contributed by atoms with van der Waals surface area (Å²) in [6.07, 6.45) is 0. The summed E-state index contributed by atoms with van der Waals surface area (Å²) >= 11 is 0. The van der Waals surface area contributed by atoms with Crippen LogP contribution in [0.15, 0.2) is 176 Å². The normalized spacial score (nSPS) is 14.3. The standard InChI is InChI=1S/C54H41FN2/c1-53(2)47-16-10-8-14-41(47)43-27-24-39(32-49(43)53)56(37-12-6-5-7-13-37)40-25-28-44-42-26-18-35(31-48(42)54(3,4)50(44)33-40)34-19-29-52-46(30-34)45-15-9-11-17-51(45)57(52)38-22-20-36(55)21-23-38/h5-33H,1-4H3. The summed E-state index contributed by atoms with van der Waals surface area (Å²) in [6.45, 7) is 9.43. The number of nitrogens with zero attached hydrogens (tertiary/aromatic N) is 2. The Morgan fingerprint density at radius 3 is 1.65 bits per heavy atom. The van der Waals surface area contributed by atoms with Crippen LogP contribution < -0.4 is 4.90 Å². The Labute approximate surface area is 333 Å². The van der Waals surface area contributed by atoms with Crippen molar-refractivity contribution < 1.29 is 4.39 Å². The molecule has 0 spiro atoms. The molecule has 1 heterocycles. The van der Waals surface area contributed by atoms with E-state index in [1.165, 1.54) is 78.5 Å². The summed E-state index contributed by atoms with van der Waals surface area (Å²) in [7, 11) is 0. The Morgan fingerprint density at radius 1 is 0.404 bits per heavy atom. The monoisotopic (exact) mass is 736 g/mol. The second kappa shape index (κ2) is 12.1. The Morgan fingerprint density at radius 2 is 0.930 bits per heavy atom. The molecular formula is C54H41FN2. The van der Waals surface area contributed by atoms with Gasteiger partial charge < -0.3 is 9.47 Å². The van der Waals surface area contributed by atoms with Gasteiger partial charge >= 0.3 is 0 Å². The van der Waals surface area contributed by atoms with Crippen molar-refractivity contribution in [2.75, 3.05) is 4.90 Å². The number of hydrogen-bond donors (Lipinski definition) is 0. The first kappa shape index (κ1) is 33.6. The molecule has 2 nitrogen and oxygen atoms in total. The van der Waals surface area contributed by atoms with Gasteiger partial charge in [-0.3, -0.25) is 0 Å². The zero-order chi connectivity index (χ0) is 38.6. The van der Waals surface area contributed by atoms with Gasteiger partial charge in [0.15, 0.2) is 0 Å². The van der Waals surface area contributed by atoms with Crippen LogP contribution in [0.1, 0.15) is 49.9 Å². The fourth-order valence-corrected chi connectivity index (χ4v) is 9.92. The van der Waals surface area contributed by atoms with E-state index in [0.717, 1.165) is 33.8 Å². The van der Waals surface area contributed by atoms with Crippen molar-refractivity contribution in [2.24, 2.45) is 0 Å². The summed E-state index contributed by atoms with van der Waals surface area (Å²) in [5, 5.41) is 2.36. The second-order valence-corrected chi connectivity index (χ2v) is 16.7. The van der Waals surface area contributed by atoms with Gasteiger partial charge in [-0.15, -0.1) is 0 Å². The van der Waals surface area contributed by atoms with Gasteiger partial charge in [-0.2, -0.15) is 0 Å². The lowest BCUT2D eigenvalue weighted by Gasteiger charge is -2.29. The van der Waals surface area contributed by atoms with Crippen molar-refractivity contribution >= 4 is 38.9 Å². The third-order valence-electron chi connectivity index (χ3n) is 12.8. The van der Waals surface area contributed by atoms with E-state index in [9.17, 15) is 4.39 Å². The molecule has 0 aliphatic heterocycles. The minimum absolute atomic E-state index is 0.0895. The minimum atomic E-state index is -0.233. The van der Waals surface area contributed by atoms with Crippen molar-refractivity contribution in [1.29, 1.82) is 0 Å². The van der Waals surface area contributed by atoms with E-state index in [0.29, 0.717) is 0 Å². The number of hydrogen-bond acceptors (Lipinski definition) is 1. The van der Waals surface area contributed by atoms with Gasteiger partial charge in [-0.05, 0) is 141 Å². The smallest absolute Gasteiger partial charge is 0.123 e. The van der Waals surface area contributed by atoms with Crippen LogP contribution in [-0.2, 0) is 10.8 Å². The molecule has 8 aromatic carbocycles. The Kier molecular flexibility index (Phi) is 7.16. The average molecular weight is 737 g/mol. The lowest BCUT2D eigenvalue weighted by molar-refractivity contribution is 0.627. The molecule has 11 rings (SSSR count). The van der Waals surface area contributed by atoms with Gasteiger partial charge in [-0.1, -0.05) is 119 Å². The average Bonchev–Trinajstić information content (AvgIpc) is 3.78. The third kappa shape index (κ3) is 4.95. The molecule has 0 radical (unpaired) electrons. The van der Waals surface area contributed by atoms with Crippen LogP contribution in [0.25, 0.3) is 60.9 Å². The van der Waals surface area contributed by atoms with Gasteiger partial charge in [0.25, 0.3) is 0 Å². The summed E-state index contributed by atoms with van der Waals surface area (Å²) in [5.74, 6) is -0.233. The quantitative estimate of drug-likeness (QED) is 0.171. The number of rotatable bonds is 5. The van der Waals surface area contributed by atoms with Crippen LogP contribution in [0.5, 0.6) is 0 Å². The predicted octanol–water partition coefficient (Wildman–Crippen LogP) is 14.7. The van der Waals surface area contributed by atoms with E-state index in [2.05, 4.69) is 189 Å². The van der Waals surface area contributed by atoms with Crippen molar-refractivity contribution in [3.63, 3.8) is 0 Å². The van der Waals surface area contributed by atoms with Gasteiger partial charge in [-0.25, -0.2) is 4.39 Å². The fourth-order valence-electron chi connectivity index (χ4n) is 9.92. The molecule has 0 bridgehead atoms. The van der Waals surface area contributed by atoms with Gasteiger partial charge in [0.05, 0.1) is 11.0 Å². The number of para-hydroxylation sites is 2. The first-order valence-corrected chi connectivity index (χ1v) is 19.9. The van der Waals surface area contributed by atoms with E-state index in [-0.39, 0.29) is 16.6 Å². The lowest BCUT2D eigenvalue weighted by atomic mass is 9.81. The summed E-state index contributed by atoms with van der Waals surface area (Å²) in [6, 6.07) is 62.7. The number of aromatic nitrogens is 1. The molecule has 9 aromatic rings. The first-order valence-electron chi connectivity index (χ1n) is 19.9. The zero-order valence-corrected chi connectivity index (χ0v) is 32.5. The van der Waals surface area contributed by atoms with Crippen LogP contribution in [0.4, 0.5) is 21.5 Å². The highest BCUT2D eigenvalue weighted by molar-refractivity contribution is 6.10. The van der Waals surface area contributed by atoms with Crippen LogP contribution >= 0.6 is 0 Å². The molecule has 1 aromatic heterocycles. The molecule has 0 atom stereocenters.